The Balaban J connectivity index is 2.26. The van der Waals surface area contributed by atoms with E-state index in [0.29, 0.717) is 5.41 Å². The molecule has 1 aromatic carbocycles. The molecule has 1 saturated carbocycles. The van der Waals surface area contributed by atoms with Gasteiger partial charge in [-0.3, -0.25) is 0 Å². The zero-order valence-corrected chi connectivity index (χ0v) is 12.0. The molecule has 1 fully saturated rings. The van der Waals surface area contributed by atoms with Crippen LogP contribution in [-0.2, 0) is 5.41 Å². The van der Waals surface area contributed by atoms with Gasteiger partial charge in [0.1, 0.15) is 5.75 Å². The number of rotatable bonds is 5. The van der Waals surface area contributed by atoms with E-state index in [1.54, 1.807) is 7.11 Å². The van der Waals surface area contributed by atoms with Crippen LogP contribution >= 0.6 is 0 Å². The molecule has 0 aromatic heterocycles. The summed E-state index contributed by atoms with van der Waals surface area (Å²) in [5, 5.41) is 3.52. The molecule has 0 amide bonds. The zero-order valence-electron chi connectivity index (χ0n) is 12.0. The lowest BCUT2D eigenvalue weighted by Gasteiger charge is -2.47. The number of hydrogen-bond acceptors (Lipinski definition) is 2. The fraction of sp³-hybridized carbons (Fsp3) is 0.625. The predicted octanol–water partition coefficient (Wildman–Crippen LogP) is 3.28. The van der Waals surface area contributed by atoms with Gasteiger partial charge < -0.3 is 10.1 Å². The third-order valence-corrected chi connectivity index (χ3v) is 4.21. The number of likely N-dealkylation sites (N-methyl/N-ethyl adjacent to an activating group) is 1. The van der Waals surface area contributed by atoms with Crippen molar-refractivity contribution in [1.29, 1.82) is 0 Å². The van der Waals surface area contributed by atoms with Crippen LogP contribution in [0.15, 0.2) is 18.2 Å². The van der Waals surface area contributed by atoms with E-state index in [0.717, 1.165) is 24.8 Å². The minimum atomic E-state index is 0.330. The van der Waals surface area contributed by atoms with Crippen LogP contribution in [0, 0.1) is 12.8 Å². The van der Waals surface area contributed by atoms with Gasteiger partial charge >= 0.3 is 0 Å². The highest BCUT2D eigenvalue weighted by atomic mass is 16.5. The van der Waals surface area contributed by atoms with E-state index in [2.05, 4.69) is 44.3 Å². The second kappa shape index (κ2) is 5.31. The van der Waals surface area contributed by atoms with Gasteiger partial charge in [-0.25, -0.2) is 0 Å². The first-order chi connectivity index (χ1) is 8.61. The molecular formula is C16H25NO. The van der Waals surface area contributed by atoms with Crippen molar-refractivity contribution in [2.75, 3.05) is 20.2 Å². The molecule has 0 radical (unpaired) electrons. The Labute approximate surface area is 111 Å². The highest BCUT2D eigenvalue weighted by molar-refractivity contribution is 5.41. The fourth-order valence-electron chi connectivity index (χ4n) is 3.27. The molecule has 1 aliphatic rings. The van der Waals surface area contributed by atoms with Crippen molar-refractivity contribution >= 4 is 0 Å². The first-order valence-corrected chi connectivity index (χ1v) is 6.97. The van der Waals surface area contributed by atoms with Crippen molar-refractivity contribution < 1.29 is 4.74 Å². The molecular weight excluding hydrogens is 222 g/mol. The summed E-state index contributed by atoms with van der Waals surface area (Å²) in [5.41, 5.74) is 2.98. The molecule has 0 atom stereocenters. The van der Waals surface area contributed by atoms with Gasteiger partial charge in [-0.05, 0) is 49.4 Å². The lowest BCUT2D eigenvalue weighted by Crippen LogP contribution is -2.47. The van der Waals surface area contributed by atoms with Gasteiger partial charge in [0.15, 0.2) is 0 Å². The number of nitrogens with one attached hydrogen (secondary N) is 1. The molecule has 0 spiro atoms. The molecule has 100 valence electrons. The first kappa shape index (κ1) is 13.4. The van der Waals surface area contributed by atoms with Gasteiger partial charge in [-0.15, -0.1) is 0 Å². The monoisotopic (exact) mass is 247 g/mol. The SMILES string of the molecule is CCNCC1(c2ccc(C)c(OC)c2)CC(C)C1. The van der Waals surface area contributed by atoms with Gasteiger partial charge in [0.25, 0.3) is 0 Å². The second-order valence-electron chi connectivity index (χ2n) is 5.76. The number of ether oxygens (including phenoxy) is 1. The Kier molecular flexibility index (Phi) is 3.96. The highest BCUT2D eigenvalue weighted by Gasteiger charge is 2.43. The second-order valence-corrected chi connectivity index (χ2v) is 5.76. The van der Waals surface area contributed by atoms with Gasteiger partial charge in [0.05, 0.1) is 7.11 Å². The lowest BCUT2D eigenvalue weighted by molar-refractivity contribution is 0.153. The van der Waals surface area contributed by atoms with E-state index in [1.165, 1.54) is 24.0 Å². The maximum absolute atomic E-state index is 5.46. The average Bonchev–Trinajstić information content (AvgIpc) is 2.34. The normalized spacial score (nSPS) is 26.8. The summed E-state index contributed by atoms with van der Waals surface area (Å²) in [6, 6.07) is 6.70. The van der Waals surface area contributed by atoms with Crippen molar-refractivity contribution in [2.24, 2.45) is 5.92 Å². The predicted molar refractivity (Wildman–Crippen MR) is 76.4 cm³/mol. The molecule has 0 heterocycles. The van der Waals surface area contributed by atoms with Crippen LogP contribution in [0.3, 0.4) is 0 Å². The summed E-state index contributed by atoms with van der Waals surface area (Å²) in [6.45, 7) is 8.74. The number of benzene rings is 1. The van der Waals surface area contributed by atoms with E-state index < -0.39 is 0 Å². The number of methoxy groups -OCH3 is 1. The van der Waals surface area contributed by atoms with Crippen molar-refractivity contribution in [3.63, 3.8) is 0 Å². The van der Waals surface area contributed by atoms with Crippen molar-refractivity contribution in [1.82, 2.24) is 5.32 Å². The minimum Gasteiger partial charge on any atom is -0.496 e. The van der Waals surface area contributed by atoms with Crippen molar-refractivity contribution in [3.05, 3.63) is 29.3 Å². The van der Waals surface area contributed by atoms with Crippen LogP contribution in [-0.4, -0.2) is 20.2 Å². The zero-order chi connectivity index (χ0) is 13.2. The van der Waals surface area contributed by atoms with E-state index in [4.69, 9.17) is 4.74 Å². The molecule has 0 aliphatic heterocycles. The molecule has 2 heteroatoms. The molecule has 1 N–H and O–H groups in total. The largest absolute Gasteiger partial charge is 0.496 e. The number of aryl methyl sites for hydroxylation is 1. The van der Waals surface area contributed by atoms with Crippen LogP contribution in [0.25, 0.3) is 0 Å². The molecule has 0 saturated heterocycles. The van der Waals surface area contributed by atoms with E-state index in [1.807, 2.05) is 0 Å². The summed E-state index contributed by atoms with van der Waals surface area (Å²) in [4.78, 5) is 0. The minimum absolute atomic E-state index is 0.330. The van der Waals surface area contributed by atoms with Crippen molar-refractivity contribution in [2.45, 2.75) is 39.0 Å². The van der Waals surface area contributed by atoms with Crippen LogP contribution in [0.2, 0.25) is 0 Å². The summed E-state index contributed by atoms with van der Waals surface area (Å²) in [6.07, 6.45) is 2.57. The summed E-state index contributed by atoms with van der Waals surface area (Å²) in [7, 11) is 1.76. The summed E-state index contributed by atoms with van der Waals surface area (Å²) >= 11 is 0. The smallest absolute Gasteiger partial charge is 0.122 e. The molecule has 2 nitrogen and oxygen atoms in total. The van der Waals surface area contributed by atoms with E-state index in [9.17, 15) is 0 Å². The highest BCUT2D eigenvalue weighted by Crippen LogP contribution is 2.48. The molecule has 0 bridgehead atoms. The lowest BCUT2D eigenvalue weighted by atomic mass is 9.59. The Bertz CT molecular complexity index is 408. The van der Waals surface area contributed by atoms with E-state index >= 15 is 0 Å². The Morgan fingerprint density at radius 1 is 1.39 bits per heavy atom. The Morgan fingerprint density at radius 3 is 2.67 bits per heavy atom. The van der Waals surface area contributed by atoms with Gasteiger partial charge in [-0.2, -0.15) is 0 Å². The molecule has 18 heavy (non-hydrogen) atoms. The quantitative estimate of drug-likeness (QED) is 0.862. The maximum atomic E-state index is 5.46. The van der Waals surface area contributed by atoms with Crippen LogP contribution in [0.1, 0.15) is 37.8 Å². The first-order valence-electron chi connectivity index (χ1n) is 6.97. The summed E-state index contributed by atoms with van der Waals surface area (Å²) in [5.74, 6) is 1.86. The molecule has 0 unspecified atom stereocenters. The van der Waals surface area contributed by atoms with Crippen LogP contribution < -0.4 is 10.1 Å². The van der Waals surface area contributed by atoms with Crippen molar-refractivity contribution in [3.8, 4) is 5.75 Å². The van der Waals surface area contributed by atoms with E-state index in [-0.39, 0.29) is 0 Å². The maximum Gasteiger partial charge on any atom is 0.122 e. The topological polar surface area (TPSA) is 21.3 Å². The van der Waals surface area contributed by atoms with Gasteiger partial charge in [0.2, 0.25) is 0 Å². The molecule has 1 aromatic rings. The third kappa shape index (κ3) is 2.39. The standard InChI is InChI=1S/C16H25NO/c1-5-17-11-16(9-12(2)10-16)14-7-6-13(3)15(8-14)18-4/h6-8,12,17H,5,9-11H2,1-4H3. The summed E-state index contributed by atoms with van der Waals surface area (Å²) < 4.78 is 5.46. The Morgan fingerprint density at radius 2 is 2.11 bits per heavy atom. The molecule has 2 rings (SSSR count). The van der Waals surface area contributed by atoms with Crippen LogP contribution in [0.5, 0.6) is 5.75 Å². The molecule has 1 aliphatic carbocycles. The van der Waals surface area contributed by atoms with Crippen LogP contribution in [0.4, 0.5) is 0 Å². The van der Waals surface area contributed by atoms with Gasteiger partial charge in [-0.1, -0.05) is 26.0 Å². The van der Waals surface area contributed by atoms with Gasteiger partial charge in [0, 0.05) is 12.0 Å². The third-order valence-electron chi connectivity index (χ3n) is 4.21. The fourth-order valence-corrected chi connectivity index (χ4v) is 3.27. The number of hydrogen-bond donors (Lipinski definition) is 1. The average molecular weight is 247 g/mol. The Hall–Kier alpha value is -1.02.